The van der Waals surface area contributed by atoms with E-state index in [1.807, 2.05) is 0 Å². The normalized spacial score (nSPS) is 33.6. The van der Waals surface area contributed by atoms with Gasteiger partial charge in [0.25, 0.3) is 0 Å². The molecule has 19 heavy (non-hydrogen) atoms. The van der Waals surface area contributed by atoms with Crippen LogP contribution >= 0.6 is 15.9 Å². The molecule has 3 aliphatic carbocycles. The van der Waals surface area contributed by atoms with Crippen molar-refractivity contribution < 1.29 is 0 Å². The number of hydrogen-bond donors (Lipinski definition) is 0. The lowest BCUT2D eigenvalue weighted by molar-refractivity contribution is 0.0308. The Balaban J connectivity index is 1.75. The van der Waals surface area contributed by atoms with Crippen molar-refractivity contribution in [2.75, 3.05) is 0 Å². The fraction of sp³-hybridized carbons (Fsp3) is 0.667. The van der Waals surface area contributed by atoms with Crippen LogP contribution in [0.15, 0.2) is 28.7 Å². The summed E-state index contributed by atoms with van der Waals surface area (Å²) in [6.07, 6.45) is 13.0. The third kappa shape index (κ3) is 2.51. The van der Waals surface area contributed by atoms with Gasteiger partial charge in [0.2, 0.25) is 0 Å². The highest BCUT2D eigenvalue weighted by molar-refractivity contribution is 9.10. The van der Waals surface area contributed by atoms with Crippen LogP contribution in [0.2, 0.25) is 0 Å². The maximum Gasteiger partial charge on any atom is 0.0175 e. The largest absolute Gasteiger partial charge is 0.0654 e. The number of benzene rings is 1. The van der Waals surface area contributed by atoms with Gasteiger partial charge >= 0.3 is 0 Å². The Morgan fingerprint density at radius 2 is 1.53 bits per heavy atom. The maximum absolute atomic E-state index is 3.56. The minimum Gasteiger partial charge on any atom is -0.0654 e. The Morgan fingerprint density at radius 1 is 0.947 bits per heavy atom. The van der Waals surface area contributed by atoms with Crippen LogP contribution in [0.1, 0.15) is 70.3 Å². The zero-order valence-corrected chi connectivity index (χ0v) is 13.6. The SMILES string of the molecule is CCCCC12CCC(c3ccc(Br)cc3)(CC1)CC2. The van der Waals surface area contributed by atoms with Crippen LogP contribution in [-0.4, -0.2) is 0 Å². The highest BCUT2D eigenvalue weighted by atomic mass is 79.9. The van der Waals surface area contributed by atoms with Gasteiger partial charge in [0.1, 0.15) is 0 Å². The number of halogens is 1. The van der Waals surface area contributed by atoms with Crippen molar-refractivity contribution in [2.45, 2.75) is 70.1 Å². The number of unbranched alkanes of at least 4 members (excludes halogenated alkanes) is 1. The summed E-state index contributed by atoms with van der Waals surface area (Å²) in [5, 5.41) is 0. The summed E-state index contributed by atoms with van der Waals surface area (Å²) in [5.74, 6) is 0. The first kappa shape index (κ1) is 13.7. The molecule has 0 aromatic heterocycles. The molecule has 0 atom stereocenters. The zero-order chi connectivity index (χ0) is 13.3. The Kier molecular flexibility index (Phi) is 3.77. The summed E-state index contributed by atoms with van der Waals surface area (Å²) in [5.41, 5.74) is 2.85. The predicted molar refractivity (Wildman–Crippen MR) is 85.5 cm³/mol. The van der Waals surface area contributed by atoms with Crippen LogP contribution in [0.4, 0.5) is 0 Å². The molecule has 0 heterocycles. The second-order valence-electron chi connectivity index (χ2n) is 6.89. The Hall–Kier alpha value is -0.300. The van der Waals surface area contributed by atoms with E-state index < -0.39 is 0 Å². The first-order valence-electron chi connectivity index (χ1n) is 7.94. The van der Waals surface area contributed by atoms with Crippen LogP contribution in [0.5, 0.6) is 0 Å². The quantitative estimate of drug-likeness (QED) is 0.616. The van der Waals surface area contributed by atoms with Crippen LogP contribution in [0, 0.1) is 5.41 Å². The molecule has 1 heteroatoms. The number of hydrogen-bond acceptors (Lipinski definition) is 0. The van der Waals surface area contributed by atoms with Gasteiger partial charge in [-0.1, -0.05) is 47.8 Å². The van der Waals surface area contributed by atoms with Crippen molar-refractivity contribution in [3.8, 4) is 0 Å². The molecule has 3 saturated carbocycles. The van der Waals surface area contributed by atoms with Crippen molar-refractivity contribution in [2.24, 2.45) is 5.41 Å². The van der Waals surface area contributed by atoms with Gasteiger partial charge < -0.3 is 0 Å². The van der Waals surface area contributed by atoms with E-state index >= 15 is 0 Å². The van der Waals surface area contributed by atoms with Gasteiger partial charge in [-0.2, -0.15) is 0 Å². The summed E-state index contributed by atoms with van der Waals surface area (Å²) in [4.78, 5) is 0. The summed E-state index contributed by atoms with van der Waals surface area (Å²) >= 11 is 3.56. The van der Waals surface area contributed by atoms with E-state index in [0.29, 0.717) is 5.41 Å². The lowest BCUT2D eigenvalue weighted by atomic mass is 9.51. The fourth-order valence-electron chi connectivity index (χ4n) is 4.43. The maximum atomic E-state index is 3.56. The lowest BCUT2D eigenvalue weighted by Gasteiger charge is -2.54. The van der Waals surface area contributed by atoms with Crippen LogP contribution in [0.25, 0.3) is 0 Å². The van der Waals surface area contributed by atoms with Gasteiger partial charge in [0.15, 0.2) is 0 Å². The molecule has 1 aromatic carbocycles. The number of rotatable bonds is 4. The molecule has 1 aromatic rings. The lowest BCUT2D eigenvalue weighted by Crippen LogP contribution is -2.44. The molecule has 0 nitrogen and oxygen atoms in total. The molecule has 104 valence electrons. The molecule has 0 saturated heterocycles. The topological polar surface area (TPSA) is 0 Å². The molecule has 0 unspecified atom stereocenters. The Morgan fingerprint density at radius 3 is 2.05 bits per heavy atom. The van der Waals surface area contributed by atoms with Gasteiger partial charge in [-0.25, -0.2) is 0 Å². The van der Waals surface area contributed by atoms with E-state index in [9.17, 15) is 0 Å². The highest BCUT2D eigenvalue weighted by Gasteiger charge is 2.48. The van der Waals surface area contributed by atoms with Crippen LogP contribution in [-0.2, 0) is 5.41 Å². The zero-order valence-electron chi connectivity index (χ0n) is 12.1. The van der Waals surface area contributed by atoms with E-state index in [1.165, 1.54) is 62.3 Å². The van der Waals surface area contributed by atoms with Crippen LogP contribution < -0.4 is 0 Å². The Labute approximate surface area is 126 Å². The van der Waals surface area contributed by atoms with Gasteiger partial charge in [0, 0.05) is 4.47 Å². The number of fused-ring (bicyclic) bond motifs is 3. The molecule has 0 aliphatic heterocycles. The van der Waals surface area contributed by atoms with Gasteiger partial charge in [-0.3, -0.25) is 0 Å². The summed E-state index contributed by atoms with van der Waals surface area (Å²) in [6.45, 7) is 2.33. The smallest absolute Gasteiger partial charge is 0.0175 e. The minimum atomic E-state index is 0.522. The fourth-order valence-corrected chi connectivity index (χ4v) is 4.69. The average molecular weight is 321 g/mol. The van der Waals surface area contributed by atoms with Crippen molar-refractivity contribution in [1.29, 1.82) is 0 Å². The molecular weight excluding hydrogens is 296 g/mol. The molecule has 2 bridgehead atoms. The molecular formula is C18H25Br. The summed E-state index contributed by atoms with van der Waals surface area (Å²) < 4.78 is 1.21. The molecule has 0 spiro atoms. The molecule has 0 amide bonds. The van der Waals surface area contributed by atoms with Crippen molar-refractivity contribution in [3.63, 3.8) is 0 Å². The summed E-state index contributed by atoms with van der Waals surface area (Å²) in [6, 6.07) is 9.15. The van der Waals surface area contributed by atoms with Gasteiger partial charge in [-0.15, -0.1) is 0 Å². The molecule has 0 radical (unpaired) electrons. The van der Waals surface area contributed by atoms with Crippen molar-refractivity contribution in [3.05, 3.63) is 34.3 Å². The Bertz CT molecular complexity index is 407. The van der Waals surface area contributed by atoms with Crippen molar-refractivity contribution in [1.82, 2.24) is 0 Å². The van der Waals surface area contributed by atoms with E-state index in [1.54, 1.807) is 5.56 Å². The monoisotopic (exact) mass is 320 g/mol. The van der Waals surface area contributed by atoms with E-state index in [-0.39, 0.29) is 0 Å². The van der Waals surface area contributed by atoms with E-state index in [4.69, 9.17) is 0 Å². The highest BCUT2D eigenvalue weighted by Crippen LogP contribution is 2.59. The minimum absolute atomic E-state index is 0.522. The van der Waals surface area contributed by atoms with Gasteiger partial charge in [0.05, 0.1) is 0 Å². The molecule has 3 aliphatic rings. The third-order valence-electron chi connectivity index (χ3n) is 5.92. The van der Waals surface area contributed by atoms with Gasteiger partial charge in [-0.05, 0) is 73.5 Å². The first-order chi connectivity index (χ1) is 9.18. The molecule has 4 rings (SSSR count). The van der Waals surface area contributed by atoms with Crippen molar-refractivity contribution >= 4 is 15.9 Å². The van der Waals surface area contributed by atoms with E-state index in [2.05, 4.69) is 47.1 Å². The second-order valence-corrected chi connectivity index (χ2v) is 7.81. The summed E-state index contributed by atoms with van der Waals surface area (Å²) in [7, 11) is 0. The standard InChI is InChI=1S/C18H25Br/c1-2-3-8-17-9-12-18(13-10-17,14-11-17)15-4-6-16(19)7-5-15/h4-7H,2-3,8-14H2,1H3. The molecule has 0 N–H and O–H groups in total. The second kappa shape index (κ2) is 5.24. The molecule has 3 fully saturated rings. The predicted octanol–water partition coefficient (Wildman–Crippen LogP) is 6.23. The average Bonchev–Trinajstić information content (AvgIpc) is 2.48. The van der Waals surface area contributed by atoms with E-state index in [0.717, 1.165) is 5.41 Å². The third-order valence-corrected chi connectivity index (χ3v) is 6.45. The first-order valence-corrected chi connectivity index (χ1v) is 8.74. The van der Waals surface area contributed by atoms with Crippen LogP contribution in [0.3, 0.4) is 0 Å².